The van der Waals surface area contributed by atoms with Gasteiger partial charge in [0, 0.05) is 18.7 Å². The molecule has 1 saturated heterocycles. The SMILES string of the molecule is CCN(CC)C(=O)N1OC1c1ccccc1. The minimum absolute atomic E-state index is 0.0566. The monoisotopic (exact) mass is 220 g/mol. The quantitative estimate of drug-likeness (QED) is 0.733. The van der Waals surface area contributed by atoms with Crippen molar-refractivity contribution in [2.75, 3.05) is 13.1 Å². The first-order chi connectivity index (χ1) is 7.77. The Balaban J connectivity index is 1.99. The summed E-state index contributed by atoms with van der Waals surface area (Å²) in [4.78, 5) is 18.9. The number of rotatable bonds is 3. The topological polar surface area (TPSA) is 35.9 Å². The van der Waals surface area contributed by atoms with Gasteiger partial charge in [0.25, 0.3) is 0 Å². The highest BCUT2D eigenvalue weighted by molar-refractivity contribution is 5.75. The lowest BCUT2D eigenvalue weighted by Gasteiger charge is -2.17. The normalized spacial score (nSPS) is 18.4. The number of benzene rings is 1. The van der Waals surface area contributed by atoms with Crippen molar-refractivity contribution >= 4 is 6.03 Å². The maximum Gasteiger partial charge on any atom is 0.346 e. The summed E-state index contributed by atoms with van der Waals surface area (Å²) in [5, 5.41) is 1.42. The van der Waals surface area contributed by atoms with E-state index in [-0.39, 0.29) is 12.3 Å². The van der Waals surface area contributed by atoms with E-state index in [1.54, 1.807) is 4.90 Å². The molecule has 0 N–H and O–H groups in total. The number of urea groups is 1. The third kappa shape index (κ3) is 2.02. The van der Waals surface area contributed by atoms with Crippen LogP contribution in [0.5, 0.6) is 0 Å². The zero-order chi connectivity index (χ0) is 11.5. The Bertz CT molecular complexity index is 363. The predicted molar refractivity (Wildman–Crippen MR) is 60.4 cm³/mol. The summed E-state index contributed by atoms with van der Waals surface area (Å²) < 4.78 is 0. The maximum absolute atomic E-state index is 11.9. The van der Waals surface area contributed by atoms with Gasteiger partial charge in [-0.25, -0.2) is 9.63 Å². The molecule has 1 atom stereocenters. The summed E-state index contributed by atoms with van der Waals surface area (Å²) in [6, 6.07) is 9.69. The third-order valence-corrected chi connectivity index (χ3v) is 2.69. The predicted octanol–water partition coefficient (Wildman–Crippen LogP) is 2.39. The second-order valence-corrected chi connectivity index (χ2v) is 3.65. The average molecular weight is 220 g/mol. The van der Waals surface area contributed by atoms with Gasteiger partial charge in [0.1, 0.15) is 0 Å². The molecule has 0 radical (unpaired) electrons. The van der Waals surface area contributed by atoms with Crippen molar-refractivity contribution in [3.05, 3.63) is 35.9 Å². The van der Waals surface area contributed by atoms with Crippen molar-refractivity contribution in [1.29, 1.82) is 0 Å². The van der Waals surface area contributed by atoms with Gasteiger partial charge in [-0.2, -0.15) is 5.06 Å². The fourth-order valence-electron chi connectivity index (χ4n) is 1.67. The highest BCUT2D eigenvalue weighted by atomic mass is 16.8. The summed E-state index contributed by atoms with van der Waals surface area (Å²) in [5.74, 6) is 0. The number of hydroxylamine groups is 2. The van der Waals surface area contributed by atoms with Crippen LogP contribution in [0.25, 0.3) is 0 Å². The van der Waals surface area contributed by atoms with E-state index in [0.717, 1.165) is 5.56 Å². The van der Waals surface area contributed by atoms with Gasteiger partial charge in [-0.3, -0.25) is 0 Å². The summed E-state index contributed by atoms with van der Waals surface area (Å²) in [6.45, 7) is 5.33. The van der Waals surface area contributed by atoms with Crippen molar-refractivity contribution in [2.24, 2.45) is 0 Å². The number of amides is 2. The Labute approximate surface area is 95.4 Å². The molecule has 1 aromatic carbocycles. The summed E-state index contributed by atoms with van der Waals surface area (Å²) in [7, 11) is 0. The van der Waals surface area contributed by atoms with E-state index in [4.69, 9.17) is 4.84 Å². The molecule has 1 aliphatic heterocycles. The number of carbonyl (C=O) groups excluding carboxylic acids is 1. The molecule has 86 valence electrons. The molecule has 2 rings (SSSR count). The van der Waals surface area contributed by atoms with Gasteiger partial charge in [0.15, 0.2) is 0 Å². The Morgan fingerprint density at radius 3 is 2.50 bits per heavy atom. The molecule has 0 aliphatic carbocycles. The first-order valence-corrected chi connectivity index (χ1v) is 5.57. The smallest absolute Gasteiger partial charge is 0.323 e. The van der Waals surface area contributed by atoms with Crippen molar-refractivity contribution in [2.45, 2.75) is 20.1 Å². The molecule has 16 heavy (non-hydrogen) atoms. The van der Waals surface area contributed by atoms with Gasteiger partial charge in [-0.05, 0) is 13.8 Å². The molecule has 1 aromatic rings. The van der Waals surface area contributed by atoms with Crippen LogP contribution in [0.1, 0.15) is 25.6 Å². The summed E-state index contributed by atoms with van der Waals surface area (Å²) in [6.07, 6.45) is -0.200. The molecule has 0 aromatic heterocycles. The molecular weight excluding hydrogens is 204 g/mol. The molecular formula is C12H16N2O2. The Kier molecular flexibility index (Phi) is 3.10. The molecule has 1 fully saturated rings. The van der Waals surface area contributed by atoms with E-state index in [1.165, 1.54) is 5.06 Å². The lowest BCUT2D eigenvalue weighted by atomic mass is 10.2. The number of hydrogen-bond donors (Lipinski definition) is 0. The summed E-state index contributed by atoms with van der Waals surface area (Å²) >= 11 is 0. The van der Waals surface area contributed by atoms with Crippen LogP contribution in [0.3, 0.4) is 0 Å². The van der Waals surface area contributed by atoms with Crippen LogP contribution in [0.2, 0.25) is 0 Å². The largest absolute Gasteiger partial charge is 0.346 e. The molecule has 2 amide bonds. The second kappa shape index (κ2) is 4.53. The van der Waals surface area contributed by atoms with Gasteiger partial charge < -0.3 is 4.90 Å². The molecule has 0 spiro atoms. The highest BCUT2D eigenvalue weighted by Crippen LogP contribution is 2.37. The molecule has 0 saturated carbocycles. The summed E-state index contributed by atoms with van der Waals surface area (Å²) in [5.41, 5.74) is 1.02. The maximum atomic E-state index is 11.9. The van der Waals surface area contributed by atoms with Crippen LogP contribution in [0.15, 0.2) is 30.3 Å². The minimum atomic E-state index is -0.200. The zero-order valence-electron chi connectivity index (χ0n) is 9.59. The molecule has 1 unspecified atom stereocenters. The Hall–Kier alpha value is -1.55. The fourth-order valence-corrected chi connectivity index (χ4v) is 1.67. The van der Waals surface area contributed by atoms with E-state index >= 15 is 0 Å². The van der Waals surface area contributed by atoms with Gasteiger partial charge in [0.05, 0.1) is 0 Å². The van der Waals surface area contributed by atoms with E-state index < -0.39 is 0 Å². The van der Waals surface area contributed by atoms with Crippen LogP contribution in [0, 0.1) is 0 Å². The molecule has 1 aliphatic rings. The molecule has 0 bridgehead atoms. The van der Waals surface area contributed by atoms with Crippen molar-refractivity contribution in [1.82, 2.24) is 9.96 Å². The molecule has 4 heteroatoms. The Morgan fingerprint density at radius 2 is 1.94 bits per heavy atom. The van der Waals surface area contributed by atoms with E-state index in [2.05, 4.69) is 0 Å². The highest BCUT2D eigenvalue weighted by Gasteiger charge is 2.44. The van der Waals surface area contributed by atoms with E-state index in [9.17, 15) is 4.79 Å². The number of carbonyl (C=O) groups is 1. The zero-order valence-corrected chi connectivity index (χ0v) is 9.59. The van der Waals surface area contributed by atoms with Crippen LogP contribution >= 0.6 is 0 Å². The average Bonchev–Trinajstić information content (AvgIpc) is 3.11. The van der Waals surface area contributed by atoms with Gasteiger partial charge in [-0.1, -0.05) is 30.3 Å². The Morgan fingerprint density at radius 1 is 1.31 bits per heavy atom. The molecule has 4 nitrogen and oxygen atoms in total. The van der Waals surface area contributed by atoms with Crippen LogP contribution in [0.4, 0.5) is 4.79 Å². The van der Waals surface area contributed by atoms with Crippen molar-refractivity contribution in [3.8, 4) is 0 Å². The van der Waals surface area contributed by atoms with Crippen LogP contribution in [-0.2, 0) is 4.84 Å². The third-order valence-electron chi connectivity index (χ3n) is 2.69. The lowest BCUT2D eigenvalue weighted by molar-refractivity contribution is 0.142. The van der Waals surface area contributed by atoms with Gasteiger partial charge >= 0.3 is 6.03 Å². The van der Waals surface area contributed by atoms with Crippen LogP contribution in [-0.4, -0.2) is 29.1 Å². The van der Waals surface area contributed by atoms with Gasteiger partial charge in [-0.15, -0.1) is 0 Å². The minimum Gasteiger partial charge on any atom is -0.323 e. The van der Waals surface area contributed by atoms with Crippen molar-refractivity contribution < 1.29 is 9.63 Å². The van der Waals surface area contributed by atoms with Crippen molar-refractivity contribution in [3.63, 3.8) is 0 Å². The van der Waals surface area contributed by atoms with E-state index in [0.29, 0.717) is 13.1 Å². The number of hydrogen-bond acceptors (Lipinski definition) is 2. The standard InChI is InChI=1S/C12H16N2O2/c1-3-13(4-2)12(15)14-11(16-14)10-8-6-5-7-9-10/h5-9,11H,3-4H2,1-2H3. The van der Waals surface area contributed by atoms with Gasteiger partial charge in [0.2, 0.25) is 6.23 Å². The lowest BCUT2D eigenvalue weighted by Crippen LogP contribution is -2.34. The van der Waals surface area contributed by atoms with Crippen LogP contribution < -0.4 is 0 Å². The first kappa shape index (κ1) is 11.0. The number of nitrogens with zero attached hydrogens (tertiary/aromatic N) is 2. The first-order valence-electron chi connectivity index (χ1n) is 5.57. The molecule has 1 heterocycles. The van der Waals surface area contributed by atoms with E-state index in [1.807, 2.05) is 44.2 Å². The fraction of sp³-hybridized carbons (Fsp3) is 0.417. The second-order valence-electron chi connectivity index (χ2n) is 3.65.